The molecule has 0 radical (unpaired) electrons. The minimum atomic E-state index is -0.968. The second kappa shape index (κ2) is 10.8. The highest BCUT2D eigenvalue weighted by Crippen LogP contribution is 2.48. The van der Waals surface area contributed by atoms with Gasteiger partial charge in [0.05, 0.1) is 14.5 Å². The number of aromatic nitrogens is 1. The van der Waals surface area contributed by atoms with Crippen LogP contribution in [-0.4, -0.2) is 40.8 Å². The van der Waals surface area contributed by atoms with Gasteiger partial charge in [-0.2, -0.15) is 0 Å². The number of pyridine rings is 1. The number of alkyl halides is 1. The summed E-state index contributed by atoms with van der Waals surface area (Å²) < 4.78 is 42.2. The number of anilines is 1. The number of benzene rings is 3. The van der Waals surface area contributed by atoms with Gasteiger partial charge in [-0.25, -0.2) is 13.8 Å². The molecule has 8 heteroatoms. The summed E-state index contributed by atoms with van der Waals surface area (Å²) in [5.41, 5.74) is 10.7. The van der Waals surface area contributed by atoms with Gasteiger partial charge in [-0.05, 0) is 83.1 Å². The van der Waals surface area contributed by atoms with Gasteiger partial charge in [-0.3, -0.25) is 9.59 Å². The molecule has 216 valence electrons. The molecule has 2 atom stereocenters. The highest BCUT2D eigenvalue weighted by molar-refractivity contribution is 5.98. The van der Waals surface area contributed by atoms with Crippen LogP contribution in [0.1, 0.15) is 41.8 Å². The number of rotatable bonds is 8. The summed E-state index contributed by atoms with van der Waals surface area (Å²) in [6, 6.07) is 20.8. The topological polar surface area (TPSA) is 89.4 Å². The van der Waals surface area contributed by atoms with Gasteiger partial charge in [0.15, 0.2) is 0 Å². The van der Waals surface area contributed by atoms with Gasteiger partial charge in [0.2, 0.25) is 0 Å². The minimum Gasteiger partial charge on any atom is -0.460 e. The van der Waals surface area contributed by atoms with Gasteiger partial charge in [0.1, 0.15) is 34.9 Å². The Morgan fingerprint density at radius 2 is 1.74 bits per heavy atom. The Morgan fingerprint density at radius 1 is 1.00 bits per heavy atom. The standard InChI is InChI=1S/C35H29F2N3O3/c36-26-8-5-21(6-9-26)30-15-24(20-1-3-22(4-2-20)35(42)40-18-27(37)19-40)13-25-14-28(43-34(25)30)10-11-32(41)31-16-29(31)23-7-12-33(38)39-17-23/h1-9,12-15,17,27,29,31H,10-11,16,18-19H2,(H2,38,39)/i14D. The van der Waals surface area contributed by atoms with Crippen molar-refractivity contribution in [2.45, 2.75) is 31.4 Å². The van der Waals surface area contributed by atoms with Crippen molar-refractivity contribution in [3.8, 4) is 22.3 Å². The lowest BCUT2D eigenvalue weighted by Crippen LogP contribution is -2.51. The quantitative estimate of drug-likeness (QED) is 0.215. The summed E-state index contributed by atoms with van der Waals surface area (Å²) in [7, 11) is 0. The molecule has 2 N–H and O–H groups in total. The zero-order chi connectivity index (χ0) is 30.5. The summed E-state index contributed by atoms with van der Waals surface area (Å²) in [6.07, 6.45) is 2.07. The molecule has 7 rings (SSSR count). The third kappa shape index (κ3) is 5.41. The van der Waals surface area contributed by atoms with Crippen LogP contribution in [0.4, 0.5) is 14.6 Å². The Hall–Kier alpha value is -4.85. The monoisotopic (exact) mass is 578 g/mol. The van der Waals surface area contributed by atoms with Gasteiger partial charge in [-0.1, -0.05) is 30.3 Å². The van der Waals surface area contributed by atoms with Gasteiger partial charge in [0.25, 0.3) is 5.91 Å². The Kier molecular flexibility index (Phi) is 6.47. The number of amides is 1. The van der Waals surface area contributed by atoms with Crippen molar-refractivity contribution >= 4 is 28.5 Å². The largest absolute Gasteiger partial charge is 0.460 e. The van der Waals surface area contributed by atoms with E-state index in [1.807, 2.05) is 30.3 Å². The van der Waals surface area contributed by atoms with Crippen LogP contribution in [0.25, 0.3) is 33.2 Å². The number of furan rings is 1. The first-order valence-electron chi connectivity index (χ1n) is 14.8. The predicted molar refractivity (Wildman–Crippen MR) is 161 cm³/mol. The molecule has 6 nitrogen and oxygen atoms in total. The molecule has 2 aromatic heterocycles. The number of likely N-dealkylation sites (tertiary alicyclic amines) is 1. The van der Waals surface area contributed by atoms with E-state index in [0.717, 1.165) is 28.7 Å². The number of halogens is 2. The van der Waals surface area contributed by atoms with Gasteiger partial charge < -0.3 is 15.1 Å². The van der Waals surface area contributed by atoms with Crippen molar-refractivity contribution in [2.24, 2.45) is 5.92 Å². The maximum atomic E-state index is 13.8. The van der Waals surface area contributed by atoms with Crippen molar-refractivity contribution in [2.75, 3.05) is 18.8 Å². The highest BCUT2D eigenvalue weighted by atomic mass is 19.1. The molecule has 3 heterocycles. The molecule has 5 aromatic rings. The molecule has 1 aliphatic heterocycles. The van der Waals surface area contributed by atoms with Crippen molar-refractivity contribution in [1.82, 2.24) is 9.88 Å². The number of carbonyl (C=O) groups excluding carboxylic acids is 2. The lowest BCUT2D eigenvalue weighted by molar-refractivity contribution is -0.120. The second-order valence-electron chi connectivity index (χ2n) is 11.4. The van der Waals surface area contributed by atoms with Gasteiger partial charge in [0, 0.05) is 41.5 Å². The molecule has 0 spiro atoms. The Labute approximate surface area is 248 Å². The number of aryl methyl sites for hydroxylation is 1. The van der Waals surface area contributed by atoms with Crippen LogP contribution in [0.2, 0.25) is 0 Å². The SMILES string of the molecule is [2H]c1c(CCC(=O)C2CC2c2ccc(N)nc2)oc2c(-c3ccc(F)cc3)cc(-c3ccc(C(=O)N4CC(F)C4)cc3)cc12. The molecule has 3 aromatic carbocycles. The van der Waals surface area contributed by atoms with Gasteiger partial charge >= 0.3 is 0 Å². The number of fused-ring (bicyclic) bond motifs is 1. The molecule has 1 saturated carbocycles. The molecule has 2 fully saturated rings. The van der Waals surface area contributed by atoms with Crippen molar-refractivity contribution in [3.63, 3.8) is 0 Å². The Balaban J connectivity index is 1.17. The normalized spacial score (nSPS) is 18.4. The molecular weight excluding hydrogens is 548 g/mol. The third-order valence-corrected chi connectivity index (χ3v) is 8.37. The molecule has 2 aliphatic rings. The van der Waals surface area contributed by atoms with Crippen LogP contribution in [-0.2, 0) is 11.2 Å². The number of nitrogen functional groups attached to an aromatic ring is 1. The number of Topliss-reactive ketones (excluding diaryl/α,β-unsaturated/α-hetero) is 1. The summed E-state index contributed by atoms with van der Waals surface area (Å²) in [5.74, 6) is 0.480. The minimum absolute atomic E-state index is 0.0743. The summed E-state index contributed by atoms with van der Waals surface area (Å²) in [4.78, 5) is 31.3. The first-order chi connectivity index (χ1) is 21.2. The Bertz CT molecular complexity index is 1880. The molecule has 2 unspecified atom stereocenters. The summed E-state index contributed by atoms with van der Waals surface area (Å²) in [5, 5.41) is 0.580. The second-order valence-corrected chi connectivity index (χ2v) is 11.4. The lowest BCUT2D eigenvalue weighted by atomic mass is 9.96. The van der Waals surface area contributed by atoms with Gasteiger partial charge in [-0.15, -0.1) is 0 Å². The average molecular weight is 579 g/mol. The van der Waals surface area contributed by atoms with E-state index >= 15 is 0 Å². The van der Waals surface area contributed by atoms with Crippen LogP contribution >= 0.6 is 0 Å². The van der Waals surface area contributed by atoms with E-state index in [-0.39, 0.29) is 54.9 Å². The highest BCUT2D eigenvalue weighted by Gasteiger charge is 2.43. The smallest absolute Gasteiger partial charge is 0.254 e. The van der Waals surface area contributed by atoms with Crippen LogP contribution in [0.15, 0.2) is 89.5 Å². The molecule has 1 aliphatic carbocycles. The van der Waals surface area contributed by atoms with E-state index in [4.69, 9.17) is 11.5 Å². The Morgan fingerprint density at radius 3 is 2.44 bits per heavy atom. The molecule has 43 heavy (non-hydrogen) atoms. The van der Waals surface area contributed by atoms with Crippen LogP contribution < -0.4 is 5.73 Å². The van der Waals surface area contributed by atoms with Crippen LogP contribution in [0.5, 0.6) is 0 Å². The fourth-order valence-electron chi connectivity index (χ4n) is 5.81. The van der Waals surface area contributed by atoms with E-state index in [1.165, 1.54) is 17.0 Å². The van der Waals surface area contributed by atoms with Crippen molar-refractivity contribution in [3.05, 3.63) is 108 Å². The number of hydrogen-bond acceptors (Lipinski definition) is 5. The number of nitrogens with two attached hydrogens (primary N) is 1. The molecule has 1 amide bonds. The average Bonchev–Trinajstić information content (AvgIpc) is 3.76. The fourth-order valence-corrected chi connectivity index (χ4v) is 5.81. The molecular formula is C35H29F2N3O3. The number of hydrogen-bond donors (Lipinski definition) is 1. The van der Waals surface area contributed by atoms with Crippen molar-refractivity contribution in [1.29, 1.82) is 0 Å². The molecule has 1 saturated heterocycles. The predicted octanol–water partition coefficient (Wildman–Crippen LogP) is 6.98. The first-order valence-corrected chi connectivity index (χ1v) is 14.3. The number of carbonyl (C=O) groups is 2. The van der Waals surface area contributed by atoms with Crippen LogP contribution in [0, 0.1) is 11.7 Å². The van der Waals surface area contributed by atoms with E-state index < -0.39 is 6.17 Å². The van der Waals surface area contributed by atoms with E-state index in [1.54, 1.807) is 36.5 Å². The van der Waals surface area contributed by atoms with E-state index in [9.17, 15) is 18.4 Å². The first kappa shape index (κ1) is 25.8. The van der Waals surface area contributed by atoms with E-state index in [2.05, 4.69) is 4.98 Å². The third-order valence-electron chi connectivity index (χ3n) is 8.37. The molecule has 0 bridgehead atoms. The maximum absolute atomic E-state index is 13.8. The summed E-state index contributed by atoms with van der Waals surface area (Å²) >= 11 is 0. The van der Waals surface area contributed by atoms with E-state index in [0.29, 0.717) is 40.1 Å². The van der Waals surface area contributed by atoms with Crippen LogP contribution in [0.3, 0.4) is 0 Å². The summed E-state index contributed by atoms with van der Waals surface area (Å²) in [6.45, 7) is 0.223. The van der Waals surface area contributed by atoms with Crippen molar-refractivity contribution < 1.29 is 24.2 Å². The fraction of sp³-hybridized carbons (Fsp3) is 0.229. The maximum Gasteiger partial charge on any atom is 0.254 e. The lowest BCUT2D eigenvalue weighted by Gasteiger charge is -2.34. The zero-order valence-corrected chi connectivity index (χ0v) is 23.2. The number of nitrogens with zero attached hydrogens (tertiary/aromatic N) is 2. The number of ketones is 1. The zero-order valence-electron chi connectivity index (χ0n) is 24.2.